The summed E-state index contributed by atoms with van der Waals surface area (Å²) in [7, 11) is 0. The first-order valence-electron chi connectivity index (χ1n) is 11.8. The molecule has 35 heavy (non-hydrogen) atoms. The number of fused-ring (bicyclic) bond motifs is 3. The molecule has 1 atom stereocenters. The number of alkyl carbamates (subject to hydrolysis) is 1. The first kappa shape index (κ1) is 26.0. The third-order valence-corrected chi connectivity index (χ3v) is 5.97. The summed E-state index contributed by atoms with van der Waals surface area (Å²) < 4.78 is 5.50. The van der Waals surface area contributed by atoms with Crippen LogP contribution in [0, 0.1) is 5.41 Å². The van der Waals surface area contributed by atoms with Crippen LogP contribution in [0.1, 0.15) is 57.6 Å². The van der Waals surface area contributed by atoms with Crippen molar-refractivity contribution in [2.24, 2.45) is 5.41 Å². The predicted molar refractivity (Wildman–Crippen MR) is 135 cm³/mol. The van der Waals surface area contributed by atoms with Crippen LogP contribution in [-0.2, 0) is 14.3 Å². The van der Waals surface area contributed by atoms with Gasteiger partial charge < -0.3 is 20.5 Å². The van der Waals surface area contributed by atoms with Crippen molar-refractivity contribution in [3.63, 3.8) is 0 Å². The fourth-order valence-electron chi connectivity index (χ4n) is 4.45. The Morgan fingerprint density at radius 3 is 2.14 bits per heavy atom. The van der Waals surface area contributed by atoms with Gasteiger partial charge in [-0.15, -0.1) is 0 Å². The van der Waals surface area contributed by atoms with Gasteiger partial charge in [0.25, 0.3) is 0 Å². The minimum atomic E-state index is -0.960. The Hall–Kier alpha value is -3.61. The molecule has 0 saturated heterocycles. The molecule has 1 aliphatic carbocycles. The standard InChI is InChI=1S/C28H34N2O5/c1-18(26(33)30-19(15-25(31)32)16-28(2,3)4)13-14-29-27(34)35-17-24-22-11-7-5-9-20(22)21-10-6-8-12-23(21)24/h5-13,19,24H,14-17H2,1-4H3,(H,29,34)(H,30,33)(H,31,32)/b18-13+. The van der Waals surface area contributed by atoms with Gasteiger partial charge in [-0.05, 0) is 41.0 Å². The zero-order valence-electron chi connectivity index (χ0n) is 20.8. The summed E-state index contributed by atoms with van der Waals surface area (Å²) in [6.45, 7) is 7.95. The quantitative estimate of drug-likeness (QED) is 0.446. The molecule has 186 valence electrons. The maximum atomic E-state index is 12.5. The summed E-state index contributed by atoms with van der Waals surface area (Å²) in [6.07, 6.45) is 1.42. The number of rotatable bonds is 9. The normalized spacial score (nSPS) is 14.0. The highest BCUT2D eigenvalue weighted by molar-refractivity contribution is 5.93. The second-order valence-electron chi connectivity index (χ2n) is 10.1. The lowest BCUT2D eigenvalue weighted by molar-refractivity contribution is -0.137. The SMILES string of the molecule is C/C(=C\CNC(=O)OCC1c2ccccc2-c2ccccc21)C(=O)NC(CC(=O)O)CC(C)(C)C. The highest BCUT2D eigenvalue weighted by Gasteiger charge is 2.29. The van der Waals surface area contributed by atoms with Crippen LogP contribution in [0.2, 0.25) is 0 Å². The van der Waals surface area contributed by atoms with Gasteiger partial charge in [0, 0.05) is 24.1 Å². The van der Waals surface area contributed by atoms with Crippen molar-refractivity contribution in [2.75, 3.05) is 13.2 Å². The number of carboxylic acid groups (broad SMARTS) is 1. The van der Waals surface area contributed by atoms with Gasteiger partial charge in [0.1, 0.15) is 6.61 Å². The van der Waals surface area contributed by atoms with Crippen LogP contribution >= 0.6 is 0 Å². The van der Waals surface area contributed by atoms with Crippen LogP contribution in [-0.4, -0.2) is 42.3 Å². The molecule has 7 heteroatoms. The van der Waals surface area contributed by atoms with Gasteiger partial charge in [-0.2, -0.15) is 0 Å². The summed E-state index contributed by atoms with van der Waals surface area (Å²) in [5, 5.41) is 14.6. The largest absolute Gasteiger partial charge is 0.481 e. The first-order valence-corrected chi connectivity index (χ1v) is 11.8. The molecule has 0 fully saturated rings. The van der Waals surface area contributed by atoms with E-state index >= 15 is 0 Å². The molecule has 0 spiro atoms. The minimum absolute atomic E-state index is 0.0230. The van der Waals surface area contributed by atoms with E-state index in [9.17, 15) is 14.4 Å². The number of hydrogen-bond donors (Lipinski definition) is 3. The van der Waals surface area contributed by atoms with Gasteiger partial charge in [0.15, 0.2) is 0 Å². The lowest BCUT2D eigenvalue weighted by Gasteiger charge is -2.26. The lowest BCUT2D eigenvalue weighted by Crippen LogP contribution is -2.39. The van der Waals surface area contributed by atoms with Crippen LogP contribution in [0.15, 0.2) is 60.2 Å². The van der Waals surface area contributed by atoms with Crippen molar-refractivity contribution in [3.8, 4) is 11.1 Å². The van der Waals surface area contributed by atoms with E-state index in [0.717, 1.165) is 22.3 Å². The van der Waals surface area contributed by atoms with E-state index in [4.69, 9.17) is 9.84 Å². The average molecular weight is 479 g/mol. The van der Waals surface area contributed by atoms with E-state index in [1.165, 1.54) is 0 Å². The first-order chi connectivity index (χ1) is 16.5. The molecule has 2 amide bonds. The molecule has 0 aliphatic heterocycles. The second kappa shape index (κ2) is 11.2. The zero-order chi connectivity index (χ0) is 25.6. The molecule has 0 saturated carbocycles. The summed E-state index contributed by atoms with van der Waals surface area (Å²) in [6, 6.07) is 15.8. The molecule has 7 nitrogen and oxygen atoms in total. The molecule has 0 aromatic heterocycles. The molecule has 1 unspecified atom stereocenters. The molecule has 0 bridgehead atoms. The molecular formula is C28H34N2O5. The monoisotopic (exact) mass is 478 g/mol. The van der Waals surface area contributed by atoms with Crippen LogP contribution in [0.4, 0.5) is 4.79 Å². The Morgan fingerprint density at radius 1 is 1.03 bits per heavy atom. The fraction of sp³-hybridized carbons (Fsp3) is 0.393. The van der Waals surface area contributed by atoms with Crippen LogP contribution < -0.4 is 10.6 Å². The maximum Gasteiger partial charge on any atom is 0.407 e. The summed E-state index contributed by atoms with van der Waals surface area (Å²) in [5.41, 5.74) is 4.87. The Morgan fingerprint density at radius 2 is 1.60 bits per heavy atom. The van der Waals surface area contributed by atoms with Gasteiger partial charge in [-0.1, -0.05) is 75.4 Å². The molecule has 3 rings (SSSR count). The van der Waals surface area contributed by atoms with Crippen molar-refractivity contribution in [1.29, 1.82) is 0 Å². The van der Waals surface area contributed by atoms with E-state index in [1.807, 2.05) is 45.0 Å². The lowest BCUT2D eigenvalue weighted by atomic mass is 9.87. The summed E-state index contributed by atoms with van der Waals surface area (Å²) in [5.74, 6) is -1.34. The van der Waals surface area contributed by atoms with E-state index < -0.39 is 18.1 Å². The van der Waals surface area contributed by atoms with Crippen molar-refractivity contribution in [1.82, 2.24) is 10.6 Å². The van der Waals surface area contributed by atoms with Crippen molar-refractivity contribution >= 4 is 18.0 Å². The topological polar surface area (TPSA) is 105 Å². The molecule has 1 aliphatic rings. The number of aliphatic carboxylic acids is 1. The van der Waals surface area contributed by atoms with Gasteiger partial charge in [0.2, 0.25) is 5.91 Å². The Bertz CT molecular complexity index is 1070. The number of carbonyl (C=O) groups is 3. The van der Waals surface area contributed by atoms with E-state index in [0.29, 0.717) is 12.0 Å². The number of benzene rings is 2. The van der Waals surface area contributed by atoms with Crippen LogP contribution in [0.25, 0.3) is 11.1 Å². The van der Waals surface area contributed by atoms with Crippen molar-refractivity contribution in [3.05, 3.63) is 71.3 Å². The summed E-state index contributed by atoms with van der Waals surface area (Å²) >= 11 is 0. The molecule has 0 heterocycles. The van der Waals surface area contributed by atoms with Crippen molar-refractivity contribution in [2.45, 2.75) is 52.5 Å². The third kappa shape index (κ3) is 7.18. The van der Waals surface area contributed by atoms with Crippen LogP contribution in [0.5, 0.6) is 0 Å². The minimum Gasteiger partial charge on any atom is -0.481 e. The second-order valence-corrected chi connectivity index (χ2v) is 10.1. The maximum absolute atomic E-state index is 12.5. The molecule has 0 radical (unpaired) electrons. The van der Waals surface area contributed by atoms with E-state index in [-0.39, 0.29) is 36.8 Å². The molecule has 2 aromatic carbocycles. The van der Waals surface area contributed by atoms with Crippen LogP contribution in [0.3, 0.4) is 0 Å². The predicted octanol–water partition coefficient (Wildman–Crippen LogP) is 4.87. The van der Waals surface area contributed by atoms with Gasteiger partial charge >= 0.3 is 12.1 Å². The number of amides is 2. The molecule has 3 N–H and O–H groups in total. The number of nitrogens with one attached hydrogen (secondary N) is 2. The number of carbonyl (C=O) groups excluding carboxylic acids is 2. The Balaban J connectivity index is 1.51. The highest BCUT2D eigenvalue weighted by atomic mass is 16.5. The Kier molecular flexibility index (Phi) is 8.33. The average Bonchev–Trinajstić information content (AvgIpc) is 3.09. The highest BCUT2D eigenvalue weighted by Crippen LogP contribution is 2.44. The van der Waals surface area contributed by atoms with Gasteiger partial charge in [-0.3, -0.25) is 9.59 Å². The molecule has 2 aromatic rings. The number of ether oxygens (including phenoxy) is 1. The van der Waals surface area contributed by atoms with E-state index in [1.54, 1.807) is 13.0 Å². The van der Waals surface area contributed by atoms with Gasteiger partial charge in [0.05, 0.1) is 6.42 Å². The fourth-order valence-corrected chi connectivity index (χ4v) is 4.45. The van der Waals surface area contributed by atoms with E-state index in [2.05, 4.69) is 34.9 Å². The van der Waals surface area contributed by atoms with Crippen molar-refractivity contribution < 1.29 is 24.2 Å². The summed E-state index contributed by atoms with van der Waals surface area (Å²) in [4.78, 5) is 36.0. The number of hydrogen-bond acceptors (Lipinski definition) is 4. The third-order valence-electron chi connectivity index (χ3n) is 5.97. The smallest absolute Gasteiger partial charge is 0.407 e. The zero-order valence-corrected chi connectivity index (χ0v) is 20.8. The number of carboxylic acids is 1. The van der Waals surface area contributed by atoms with Gasteiger partial charge in [-0.25, -0.2) is 4.79 Å². The molecular weight excluding hydrogens is 444 g/mol. The Labute approximate surface area is 206 Å².